The number of nitrogens with one attached hydrogen (secondary N) is 1. The third kappa shape index (κ3) is 1.51. The Kier molecular flexibility index (Phi) is 2.22. The molecule has 0 fully saturated rings. The highest BCUT2D eigenvalue weighted by Crippen LogP contribution is 2.24. The molecule has 0 amide bonds. The third-order valence-electron chi connectivity index (χ3n) is 2.57. The molecular formula is C12H11N3S. The van der Waals surface area contributed by atoms with Crippen molar-refractivity contribution in [1.29, 1.82) is 0 Å². The van der Waals surface area contributed by atoms with E-state index in [1.54, 1.807) is 17.7 Å². The minimum Gasteiger partial charge on any atom is -0.345 e. The molecule has 16 heavy (non-hydrogen) atoms. The lowest BCUT2D eigenvalue weighted by Crippen LogP contribution is -1.81. The minimum atomic E-state index is 0.995. The first-order valence-corrected chi connectivity index (χ1v) is 6.12. The maximum Gasteiger partial charge on any atom is 0.0931 e. The zero-order chi connectivity index (χ0) is 11.0. The van der Waals surface area contributed by atoms with Gasteiger partial charge in [-0.2, -0.15) is 0 Å². The van der Waals surface area contributed by atoms with Gasteiger partial charge in [0.1, 0.15) is 0 Å². The van der Waals surface area contributed by atoms with Crippen molar-refractivity contribution in [1.82, 2.24) is 15.0 Å². The monoisotopic (exact) mass is 229 g/mol. The smallest absolute Gasteiger partial charge is 0.0931 e. The van der Waals surface area contributed by atoms with Gasteiger partial charge in [0, 0.05) is 10.9 Å². The highest BCUT2D eigenvalue weighted by atomic mass is 32.1. The Morgan fingerprint density at radius 3 is 3.12 bits per heavy atom. The maximum atomic E-state index is 4.57. The Morgan fingerprint density at radius 1 is 1.38 bits per heavy atom. The summed E-state index contributed by atoms with van der Waals surface area (Å²) in [5, 5.41) is 3.29. The van der Waals surface area contributed by atoms with E-state index >= 15 is 0 Å². The summed E-state index contributed by atoms with van der Waals surface area (Å²) in [5.74, 6) is 0. The van der Waals surface area contributed by atoms with Crippen LogP contribution >= 0.6 is 11.3 Å². The van der Waals surface area contributed by atoms with E-state index in [1.807, 2.05) is 6.07 Å². The summed E-state index contributed by atoms with van der Waals surface area (Å²) in [4.78, 5) is 11.9. The highest BCUT2D eigenvalue weighted by molar-refractivity contribution is 7.09. The number of aromatic nitrogens is 3. The first-order valence-electron chi connectivity index (χ1n) is 5.24. The number of aryl methyl sites for hydroxylation is 1. The average Bonchev–Trinajstić information content (AvgIpc) is 2.96. The largest absolute Gasteiger partial charge is 0.345 e. The molecule has 0 unspecified atom stereocenters. The second kappa shape index (κ2) is 3.72. The van der Waals surface area contributed by atoms with Gasteiger partial charge in [-0.15, -0.1) is 11.3 Å². The molecule has 3 nitrogen and oxygen atoms in total. The van der Waals surface area contributed by atoms with E-state index in [4.69, 9.17) is 0 Å². The standard InChI is InChI=1S/C12H11N3S/c1-2-12-15-11(6-16-12)8-3-4-9-10(5-8)14-7-13-9/h3-7H,2H2,1H3,(H,13,14). The van der Waals surface area contributed by atoms with E-state index in [1.165, 1.54) is 5.01 Å². The van der Waals surface area contributed by atoms with E-state index in [0.717, 1.165) is 28.7 Å². The number of fused-ring (bicyclic) bond motifs is 1. The summed E-state index contributed by atoms with van der Waals surface area (Å²) in [6.07, 6.45) is 2.71. The fraction of sp³-hybridized carbons (Fsp3) is 0.167. The molecule has 3 aromatic rings. The van der Waals surface area contributed by atoms with Crippen LogP contribution in [0.2, 0.25) is 0 Å². The fourth-order valence-corrected chi connectivity index (χ4v) is 2.45. The molecule has 0 atom stereocenters. The number of aromatic amines is 1. The highest BCUT2D eigenvalue weighted by Gasteiger charge is 2.04. The normalized spacial score (nSPS) is 11.1. The SMILES string of the molecule is CCc1nc(-c2ccc3nc[nH]c3c2)cs1. The first-order chi connectivity index (χ1) is 7.86. The van der Waals surface area contributed by atoms with Crippen molar-refractivity contribution >= 4 is 22.4 Å². The minimum absolute atomic E-state index is 0.995. The Bertz CT molecular complexity index is 624. The lowest BCUT2D eigenvalue weighted by Gasteiger charge is -1.96. The zero-order valence-electron chi connectivity index (χ0n) is 8.90. The predicted molar refractivity (Wildman–Crippen MR) is 66.6 cm³/mol. The Morgan fingerprint density at radius 2 is 2.31 bits per heavy atom. The van der Waals surface area contributed by atoms with Crippen LogP contribution in [0.5, 0.6) is 0 Å². The van der Waals surface area contributed by atoms with Crippen LogP contribution < -0.4 is 0 Å². The second-order valence-electron chi connectivity index (χ2n) is 3.61. The molecule has 2 aromatic heterocycles. The number of H-pyrrole nitrogens is 1. The lowest BCUT2D eigenvalue weighted by molar-refractivity contribution is 1.10. The molecule has 0 aliphatic heterocycles. The van der Waals surface area contributed by atoms with Gasteiger partial charge in [0.25, 0.3) is 0 Å². The molecule has 0 aliphatic carbocycles. The van der Waals surface area contributed by atoms with Crippen molar-refractivity contribution in [2.45, 2.75) is 13.3 Å². The Labute approximate surface area is 97.2 Å². The number of imidazole rings is 1. The van der Waals surface area contributed by atoms with Gasteiger partial charge in [-0.3, -0.25) is 0 Å². The molecule has 1 aromatic carbocycles. The number of nitrogens with zero attached hydrogens (tertiary/aromatic N) is 2. The first kappa shape index (κ1) is 9.54. The van der Waals surface area contributed by atoms with Gasteiger partial charge in [-0.05, 0) is 18.6 Å². The molecule has 0 spiro atoms. The van der Waals surface area contributed by atoms with Crippen LogP contribution in [0.1, 0.15) is 11.9 Å². The van der Waals surface area contributed by atoms with Crippen LogP contribution in [-0.4, -0.2) is 15.0 Å². The van der Waals surface area contributed by atoms with Crippen LogP contribution in [0.15, 0.2) is 29.9 Å². The average molecular weight is 229 g/mol. The maximum absolute atomic E-state index is 4.57. The zero-order valence-corrected chi connectivity index (χ0v) is 9.71. The summed E-state index contributed by atoms with van der Waals surface area (Å²) < 4.78 is 0. The molecular weight excluding hydrogens is 218 g/mol. The lowest BCUT2D eigenvalue weighted by atomic mass is 10.1. The Balaban J connectivity index is 2.10. The fourth-order valence-electron chi connectivity index (χ4n) is 1.70. The molecule has 0 saturated heterocycles. The van der Waals surface area contributed by atoms with E-state index < -0.39 is 0 Å². The molecule has 80 valence electrons. The van der Waals surface area contributed by atoms with Crippen LogP contribution in [0, 0.1) is 0 Å². The van der Waals surface area contributed by atoms with E-state index in [0.29, 0.717) is 0 Å². The third-order valence-corrected chi connectivity index (χ3v) is 3.56. The van der Waals surface area contributed by atoms with Crippen LogP contribution in [0.3, 0.4) is 0 Å². The van der Waals surface area contributed by atoms with Crippen molar-refractivity contribution in [3.8, 4) is 11.3 Å². The van der Waals surface area contributed by atoms with E-state index in [-0.39, 0.29) is 0 Å². The van der Waals surface area contributed by atoms with Crippen molar-refractivity contribution in [3.05, 3.63) is 34.9 Å². The van der Waals surface area contributed by atoms with Gasteiger partial charge < -0.3 is 4.98 Å². The van der Waals surface area contributed by atoms with E-state index in [9.17, 15) is 0 Å². The topological polar surface area (TPSA) is 41.6 Å². The summed E-state index contributed by atoms with van der Waals surface area (Å²) in [6, 6.07) is 6.18. The number of benzene rings is 1. The summed E-state index contributed by atoms with van der Waals surface area (Å²) in [6.45, 7) is 2.13. The van der Waals surface area contributed by atoms with Gasteiger partial charge in [0.15, 0.2) is 0 Å². The molecule has 0 aliphatic rings. The van der Waals surface area contributed by atoms with Gasteiger partial charge in [0.05, 0.1) is 28.1 Å². The quantitative estimate of drug-likeness (QED) is 0.733. The molecule has 4 heteroatoms. The van der Waals surface area contributed by atoms with Crippen LogP contribution in [-0.2, 0) is 6.42 Å². The van der Waals surface area contributed by atoms with Gasteiger partial charge in [-0.1, -0.05) is 13.0 Å². The predicted octanol–water partition coefficient (Wildman–Crippen LogP) is 3.25. The summed E-state index contributed by atoms with van der Waals surface area (Å²) >= 11 is 1.71. The molecule has 1 N–H and O–H groups in total. The van der Waals surface area contributed by atoms with Crippen LogP contribution in [0.4, 0.5) is 0 Å². The summed E-state index contributed by atoms with van der Waals surface area (Å²) in [7, 11) is 0. The molecule has 0 saturated carbocycles. The molecule has 2 heterocycles. The number of thiazole rings is 1. The molecule has 0 bridgehead atoms. The Hall–Kier alpha value is -1.68. The molecule has 3 rings (SSSR count). The van der Waals surface area contributed by atoms with E-state index in [2.05, 4.69) is 39.4 Å². The van der Waals surface area contributed by atoms with Crippen molar-refractivity contribution in [3.63, 3.8) is 0 Å². The second-order valence-corrected chi connectivity index (χ2v) is 4.56. The van der Waals surface area contributed by atoms with Gasteiger partial charge >= 0.3 is 0 Å². The van der Waals surface area contributed by atoms with Gasteiger partial charge in [-0.25, -0.2) is 9.97 Å². The number of hydrogen-bond donors (Lipinski definition) is 1. The van der Waals surface area contributed by atoms with Crippen LogP contribution in [0.25, 0.3) is 22.3 Å². The van der Waals surface area contributed by atoms with Crippen molar-refractivity contribution in [2.24, 2.45) is 0 Å². The van der Waals surface area contributed by atoms with Crippen molar-refractivity contribution in [2.75, 3.05) is 0 Å². The number of rotatable bonds is 2. The van der Waals surface area contributed by atoms with Crippen molar-refractivity contribution < 1.29 is 0 Å². The molecule has 0 radical (unpaired) electrons. The summed E-state index contributed by atoms with van der Waals surface area (Å²) in [5.41, 5.74) is 4.25. The number of hydrogen-bond acceptors (Lipinski definition) is 3. The van der Waals surface area contributed by atoms with Gasteiger partial charge in [0.2, 0.25) is 0 Å².